The quantitative estimate of drug-likeness (QED) is 0.778. The summed E-state index contributed by atoms with van der Waals surface area (Å²) in [5.74, 6) is 0. The summed E-state index contributed by atoms with van der Waals surface area (Å²) < 4.78 is 5.34. The van der Waals surface area contributed by atoms with Crippen LogP contribution in [0.3, 0.4) is 0 Å². The third-order valence-electron chi connectivity index (χ3n) is 3.37. The number of aliphatic hydroxyl groups excluding tert-OH is 1. The number of hydrogen-bond acceptors (Lipinski definition) is 4. The minimum atomic E-state index is 0.100. The third-order valence-corrected chi connectivity index (χ3v) is 3.37. The minimum Gasteiger partial charge on any atom is -0.394 e. The fourth-order valence-electron chi connectivity index (χ4n) is 2.53. The van der Waals surface area contributed by atoms with Gasteiger partial charge in [-0.15, -0.1) is 0 Å². The molecular formula is C14H22N2O2. The van der Waals surface area contributed by atoms with Crippen LogP contribution in [0.5, 0.6) is 0 Å². The van der Waals surface area contributed by atoms with Crippen molar-refractivity contribution < 1.29 is 9.84 Å². The van der Waals surface area contributed by atoms with Crippen LogP contribution in [-0.2, 0) is 4.74 Å². The summed E-state index contributed by atoms with van der Waals surface area (Å²) >= 11 is 0. The number of ether oxygens (including phenoxy) is 1. The van der Waals surface area contributed by atoms with Gasteiger partial charge < -0.3 is 9.84 Å². The van der Waals surface area contributed by atoms with Gasteiger partial charge in [0.1, 0.15) is 0 Å². The van der Waals surface area contributed by atoms with E-state index < -0.39 is 0 Å². The Morgan fingerprint density at radius 3 is 3.11 bits per heavy atom. The molecule has 1 atom stereocenters. The number of rotatable bonds is 6. The molecule has 0 aliphatic carbocycles. The number of likely N-dealkylation sites (tertiary alicyclic amines) is 1. The summed E-state index contributed by atoms with van der Waals surface area (Å²) in [6, 6.07) is 6.66. The fourth-order valence-corrected chi connectivity index (χ4v) is 2.53. The second kappa shape index (κ2) is 6.83. The molecule has 2 rings (SSSR count). The Bertz CT molecular complexity index is 371. The first kappa shape index (κ1) is 13.5. The van der Waals surface area contributed by atoms with Crippen LogP contribution in [0.15, 0.2) is 18.2 Å². The van der Waals surface area contributed by atoms with Crippen molar-refractivity contribution in [3.63, 3.8) is 0 Å². The lowest BCUT2D eigenvalue weighted by Gasteiger charge is -2.24. The van der Waals surface area contributed by atoms with Gasteiger partial charge >= 0.3 is 0 Å². The van der Waals surface area contributed by atoms with Crippen LogP contribution in [0.25, 0.3) is 0 Å². The van der Waals surface area contributed by atoms with Gasteiger partial charge in [0.15, 0.2) is 0 Å². The van der Waals surface area contributed by atoms with Crippen LogP contribution < -0.4 is 0 Å². The summed E-state index contributed by atoms with van der Waals surface area (Å²) in [6.07, 6.45) is 2.40. The van der Waals surface area contributed by atoms with Crippen molar-refractivity contribution in [3.8, 4) is 0 Å². The van der Waals surface area contributed by atoms with Crippen LogP contribution in [0, 0.1) is 6.92 Å². The molecule has 0 saturated carbocycles. The highest BCUT2D eigenvalue weighted by molar-refractivity contribution is 5.14. The van der Waals surface area contributed by atoms with Crippen molar-refractivity contribution in [3.05, 3.63) is 29.6 Å². The molecule has 1 aliphatic heterocycles. The smallest absolute Gasteiger partial charge is 0.0698 e. The highest BCUT2D eigenvalue weighted by Gasteiger charge is 2.26. The van der Waals surface area contributed by atoms with E-state index in [4.69, 9.17) is 9.84 Å². The van der Waals surface area contributed by atoms with Crippen LogP contribution in [0.2, 0.25) is 0 Å². The molecule has 1 aromatic rings. The van der Waals surface area contributed by atoms with E-state index in [1.807, 2.05) is 13.0 Å². The van der Waals surface area contributed by atoms with E-state index >= 15 is 0 Å². The normalized spacial score (nSPS) is 20.4. The highest BCUT2D eigenvalue weighted by atomic mass is 16.5. The number of nitrogens with zero attached hydrogens (tertiary/aromatic N) is 2. The topological polar surface area (TPSA) is 45.6 Å². The zero-order valence-electron chi connectivity index (χ0n) is 11.0. The summed E-state index contributed by atoms with van der Waals surface area (Å²) in [5.41, 5.74) is 2.26. The fraction of sp³-hybridized carbons (Fsp3) is 0.643. The lowest BCUT2D eigenvalue weighted by atomic mass is 10.1. The minimum absolute atomic E-state index is 0.100. The molecule has 1 fully saturated rings. The van der Waals surface area contributed by atoms with E-state index in [-0.39, 0.29) is 6.61 Å². The average molecular weight is 250 g/mol. The van der Waals surface area contributed by atoms with Crippen LogP contribution >= 0.6 is 0 Å². The molecule has 0 amide bonds. The van der Waals surface area contributed by atoms with Gasteiger partial charge in [0.05, 0.1) is 31.6 Å². The molecule has 0 spiro atoms. The van der Waals surface area contributed by atoms with Crippen molar-refractivity contribution in [2.24, 2.45) is 0 Å². The molecule has 1 N–H and O–H groups in total. The first-order valence-electron chi connectivity index (χ1n) is 6.67. The van der Waals surface area contributed by atoms with Crippen molar-refractivity contribution >= 4 is 0 Å². The largest absolute Gasteiger partial charge is 0.394 e. The Kier molecular flexibility index (Phi) is 5.11. The second-order valence-electron chi connectivity index (χ2n) is 4.73. The molecule has 100 valence electrons. The predicted molar refractivity (Wildman–Crippen MR) is 70.4 cm³/mol. The summed E-state index contributed by atoms with van der Waals surface area (Å²) in [6.45, 7) is 5.28. The summed E-state index contributed by atoms with van der Waals surface area (Å²) in [4.78, 5) is 7.06. The molecule has 0 radical (unpaired) electrons. The molecule has 1 saturated heterocycles. The van der Waals surface area contributed by atoms with Gasteiger partial charge in [0.25, 0.3) is 0 Å². The molecule has 1 aromatic heterocycles. The molecule has 4 nitrogen and oxygen atoms in total. The molecule has 1 aliphatic rings. The summed E-state index contributed by atoms with van der Waals surface area (Å²) in [7, 11) is 0. The Morgan fingerprint density at radius 2 is 2.33 bits per heavy atom. The monoisotopic (exact) mass is 250 g/mol. The Morgan fingerprint density at radius 1 is 1.44 bits per heavy atom. The predicted octanol–water partition coefficient (Wildman–Crippen LogP) is 1.54. The first-order valence-corrected chi connectivity index (χ1v) is 6.67. The highest BCUT2D eigenvalue weighted by Crippen LogP contribution is 2.30. The van der Waals surface area contributed by atoms with Crippen LogP contribution in [-0.4, -0.2) is 47.9 Å². The van der Waals surface area contributed by atoms with Crippen molar-refractivity contribution in [1.82, 2.24) is 9.88 Å². The van der Waals surface area contributed by atoms with Gasteiger partial charge in [0, 0.05) is 12.2 Å². The van der Waals surface area contributed by atoms with E-state index in [0.717, 1.165) is 18.8 Å². The molecule has 0 aromatic carbocycles. The number of pyridine rings is 1. The molecular weight excluding hydrogens is 228 g/mol. The molecule has 2 heterocycles. The van der Waals surface area contributed by atoms with E-state index in [2.05, 4.69) is 22.0 Å². The van der Waals surface area contributed by atoms with E-state index in [0.29, 0.717) is 19.3 Å². The Balaban J connectivity index is 1.91. The lowest BCUT2D eigenvalue weighted by molar-refractivity contribution is 0.0706. The van der Waals surface area contributed by atoms with Crippen molar-refractivity contribution in [2.45, 2.75) is 25.8 Å². The van der Waals surface area contributed by atoms with Gasteiger partial charge in [-0.05, 0) is 38.4 Å². The zero-order chi connectivity index (χ0) is 12.8. The van der Waals surface area contributed by atoms with Gasteiger partial charge in [-0.2, -0.15) is 0 Å². The molecule has 1 unspecified atom stereocenters. The van der Waals surface area contributed by atoms with E-state index in [1.165, 1.54) is 18.5 Å². The van der Waals surface area contributed by atoms with Gasteiger partial charge in [0.2, 0.25) is 0 Å². The molecule has 0 bridgehead atoms. The maximum absolute atomic E-state index is 8.67. The maximum Gasteiger partial charge on any atom is 0.0698 e. The Labute approximate surface area is 109 Å². The van der Waals surface area contributed by atoms with Gasteiger partial charge in [-0.1, -0.05) is 6.07 Å². The molecule has 18 heavy (non-hydrogen) atoms. The van der Waals surface area contributed by atoms with Crippen LogP contribution in [0.4, 0.5) is 0 Å². The third kappa shape index (κ3) is 3.51. The number of aromatic nitrogens is 1. The van der Waals surface area contributed by atoms with Crippen LogP contribution in [0.1, 0.15) is 30.3 Å². The second-order valence-corrected chi connectivity index (χ2v) is 4.73. The van der Waals surface area contributed by atoms with Gasteiger partial charge in [-0.25, -0.2) is 0 Å². The maximum atomic E-state index is 8.67. The average Bonchev–Trinajstić information content (AvgIpc) is 2.83. The van der Waals surface area contributed by atoms with Crippen molar-refractivity contribution in [1.29, 1.82) is 0 Å². The molecule has 4 heteroatoms. The van der Waals surface area contributed by atoms with E-state index in [9.17, 15) is 0 Å². The van der Waals surface area contributed by atoms with E-state index in [1.54, 1.807) is 0 Å². The number of aryl methyl sites for hydroxylation is 1. The SMILES string of the molecule is Cc1cccc(C2CCCN2CCOCCO)n1. The van der Waals surface area contributed by atoms with Crippen molar-refractivity contribution in [2.75, 3.05) is 32.9 Å². The lowest BCUT2D eigenvalue weighted by Crippen LogP contribution is -2.28. The van der Waals surface area contributed by atoms with Gasteiger partial charge in [-0.3, -0.25) is 9.88 Å². The Hall–Kier alpha value is -0.970. The number of hydrogen-bond donors (Lipinski definition) is 1. The standard InChI is InChI=1S/C14H22N2O2/c1-12-4-2-5-13(15-12)14-6-3-7-16(14)8-10-18-11-9-17/h2,4-5,14,17H,3,6-11H2,1H3. The zero-order valence-corrected chi connectivity index (χ0v) is 11.0. The first-order chi connectivity index (χ1) is 8.81. The number of aliphatic hydroxyl groups is 1. The summed E-state index contributed by atoms with van der Waals surface area (Å²) in [5, 5.41) is 8.67.